The summed E-state index contributed by atoms with van der Waals surface area (Å²) in [5, 5.41) is 8.50. The van der Waals surface area contributed by atoms with Crippen molar-refractivity contribution >= 4 is 11.9 Å². The number of likely N-dealkylation sites (N-methyl/N-ethyl adjacent to an activating group) is 1. The maximum absolute atomic E-state index is 11.7. The molecule has 0 fully saturated rings. The molecule has 1 amide bonds. The zero-order chi connectivity index (χ0) is 11.8. The highest BCUT2D eigenvalue weighted by Crippen LogP contribution is 1.99. The molecule has 0 aliphatic heterocycles. The Labute approximate surface area is 89.0 Å². The van der Waals surface area contributed by atoms with E-state index in [0.717, 1.165) is 0 Å². The molecule has 0 saturated heterocycles. The lowest BCUT2D eigenvalue weighted by atomic mass is 10.2. The summed E-state index contributed by atoms with van der Waals surface area (Å²) >= 11 is 0. The fraction of sp³-hybridized carbons (Fsp3) is 0.778. The Hall–Kier alpha value is -1.14. The first-order chi connectivity index (χ1) is 7.06. The van der Waals surface area contributed by atoms with Gasteiger partial charge in [0.25, 0.3) is 5.91 Å². The van der Waals surface area contributed by atoms with Gasteiger partial charge in [0.1, 0.15) is 6.10 Å². The largest absolute Gasteiger partial charge is 0.481 e. The minimum Gasteiger partial charge on any atom is -0.481 e. The van der Waals surface area contributed by atoms with Crippen LogP contribution in [0.5, 0.6) is 0 Å². The van der Waals surface area contributed by atoms with Gasteiger partial charge >= 0.3 is 5.97 Å². The molecule has 0 spiro atoms. The molecule has 0 bridgehead atoms. The molecule has 0 saturated carbocycles. The number of ether oxygens (including phenoxy) is 1. The third-order valence-electron chi connectivity index (χ3n) is 2.06. The van der Waals surface area contributed by atoms with Crippen LogP contribution in [-0.4, -0.2) is 54.7 Å². The number of carbonyl (C=O) groups is 2. The molecule has 6 heteroatoms. The summed E-state index contributed by atoms with van der Waals surface area (Å²) in [5.41, 5.74) is 5.34. The van der Waals surface area contributed by atoms with Crippen molar-refractivity contribution in [1.29, 1.82) is 0 Å². The van der Waals surface area contributed by atoms with Crippen LogP contribution in [0, 0.1) is 0 Å². The van der Waals surface area contributed by atoms with Gasteiger partial charge in [-0.1, -0.05) is 0 Å². The minimum absolute atomic E-state index is 0.0689. The fourth-order valence-corrected chi connectivity index (χ4v) is 1.16. The van der Waals surface area contributed by atoms with Crippen LogP contribution < -0.4 is 5.73 Å². The molecule has 0 aliphatic carbocycles. The number of carboxylic acids is 1. The highest BCUT2D eigenvalue weighted by Gasteiger charge is 2.21. The van der Waals surface area contributed by atoms with Gasteiger partial charge in [0.05, 0.1) is 6.42 Å². The number of methoxy groups -OCH3 is 1. The average molecular weight is 218 g/mol. The van der Waals surface area contributed by atoms with E-state index in [1.54, 1.807) is 6.92 Å². The maximum atomic E-state index is 11.7. The Morgan fingerprint density at radius 3 is 2.47 bits per heavy atom. The molecule has 1 unspecified atom stereocenters. The maximum Gasteiger partial charge on any atom is 0.305 e. The van der Waals surface area contributed by atoms with Crippen molar-refractivity contribution in [1.82, 2.24) is 4.90 Å². The molecule has 0 aromatic carbocycles. The molecule has 0 rings (SSSR count). The number of nitrogens with two attached hydrogens (primary N) is 1. The Balaban J connectivity index is 4.25. The lowest BCUT2D eigenvalue weighted by Gasteiger charge is -2.24. The monoisotopic (exact) mass is 218 g/mol. The minimum atomic E-state index is -0.928. The average Bonchev–Trinajstić information content (AvgIpc) is 2.20. The highest BCUT2D eigenvalue weighted by molar-refractivity contribution is 5.81. The summed E-state index contributed by atoms with van der Waals surface area (Å²) in [7, 11) is 1.40. The molecule has 88 valence electrons. The smallest absolute Gasteiger partial charge is 0.305 e. The normalized spacial score (nSPS) is 12.2. The van der Waals surface area contributed by atoms with E-state index in [4.69, 9.17) is 15.6 Å². The first-order valence-electron chi connectivity index (χ1n) is 4.80. The summed E-state index contributed by atoms with van der Waals surface area (Å²) in [6.45, 7) is 2.51. The van der Waals surface area contributed by atoms with Gasteiger partial charge < -0.3 is 20.5 Å². The van der Waals surface area contributed by atoms with Crippen molar-refractivity contribution in [2.24, 2.45) is 5.73 Å². The van der Waals surface area contributed by atoms with Crippen LogP contribution in [0.4, 0.5) is 0 Å². The van der Waals surface area contributed by atoms with Gasteiger partial charge in [-0.05, 0) is 6.92 Å². The molecule has 0 heterocycles. The predicted octanol–water partition coefficient (Wildman–Crippen LogP) is -0.717. The molecule has 15 heavy (non-hydrogen) atoms. The van der Waals surface area contributed by atoms with Crippen LogP contribution in [0.2, 0.25) is 0 Å². The molecule has 0 aromatic heterocycles. The highest BCUT2D eigenvalue weighted by atomic mass is 16.5. The first kappa shape index (κ1) is 13.9. The van der Waals surface area contributed by atoms with E-state index in [1.807, 2.05) is 0 Å². The van der Waals surface area contributed by atoms with Gasteiger partial charge in [-0.15, -0.1) is 0 Å². The topological polar surface area (TPSA) is 92.9 Å². The van der Waals surface area contributed by atoms with E-state index in [0.29, 0.717) is 6.54 Å². The number of aliphatic carboxylic acids is 1. The Morgan fingerprint density at radius 1 is 1.53 bits per heavy atom. The van der Waals surface area contributed by atoms with Crippen LogP contribution in [0.15, 0.2) is 0 Å². The Morgan fingerprint density at radius 2 is 2.13 bits per heavy atom. The van der Waals surface area contributed by atoms with Crippen molar-refractivity contribution in [3.63, 3.8) is 0 Å². The molecule has 3 N–H and O–H groups in total. The summed E-state index contributed by atoms with van der Waals surface area (Å²) < 4.78 is 4.89. The van der Waals surface area contributed by atoms with Crippen molar-refractivity contribution in [3.8, 4) is 0 Å². The fourth-order valence-electron chi connectivity index (χ4n) is 1.16. The molecule has 1 atom stereocenters. The molecule has 6 nitrogen and oxygen atoms in total. The predicted molar refractivity (Wildman–Crippen MR) is 54.4 cm³/mol. The number of hydrogen-bond donors (Lipinski definition) is 2. The second kappa shape index (κ2) is 7.19. The molecular formula is C9H18N2O4. The zero-order valence-electron chi connectivity index (χ0n) is 9.10. The van der Waals surface area contributed by atoms with E-state index in [-0.39, 0.29) is 25.4 Å². The number of nitrogens with zero attached hydrogens (tertiary/aromatic N) is 1. The number of hydrogen-bond acceptors (Lipinski definition) is 4. The molecule has 0 aliphatic rings. The van der Waals surface area contributed by atoms with E-state index in [2.05, 4.69) is 0 Å². The summed E-state index contributed by atoms with van der Waals surface area (Å²) in [4.78, 5) is 23.5. The van der Waals surface area contributed by atoms with Crippen LogP contribution in [0.25, 0.3) is 0 Å². The van der Waals surface area contributed by atoms with Gasteiger partial charge in [-0.25, -0.2) is 0 Å². The van der Waals surface area contributed by atoms with Crippen LogP contribution in [-0.2, 0) is 14.3 Å². The Bertz CT molecular complexity index is 216. The molecular weight excluding hydrogens is 200 g/mol. The molecule has 0 radical (unpaired) electrons. The SMILES string of the molecule is CCN(CCC(=O)O)C(=O)C(CN)OC. The zero-order valence-corrected chi connectivity index (χ0v) is 9.10. The lowest BCUT2D eigenvalue weighted by Crippen LogP contribution is -2.44. The number of carbonyl (C=O) groups excluding carboxylic acids is 1. The van der Waals surface area contributed by atoms with E-state index in [1.165, 1.54) is 12.0 Å². The van der Waals surface area contributed by atoms with Gasteiger partial charge in [0.2, 0.25) is 0 Å². The third-order valence-corrected chi connectivity index (χ3v) is 2.06. The van der Waals surface area contributed by atoms with Crippen molar-refractivity contribution in [2.75, 3.05) is 26.7 Å². The number of rotatable bonds is 7. The summed E-state index contributed by atoms with van der Waals surface area (Å²) in [5.74, 6) is -1.19. The van der Waals surface area contributed by atoms with Gasteiger partial charge in [0.15, 0.2) is 0 Å². The van der Waals surface area contributed by atoms with Gasteiger partial charge in [-0.3, -0.25) is 9.59 Å². The molecule has 0 aromatic rings. The second-order valence-electron chi connectivity index (χ2n) is 3.02. The van der Waals surface area contributed by atoms with Gasteiger partial charge in [0, 0.05) is 26.7 Å². The van der Waals surface area contributed by atoms with Crippen molar-refractivity contribution in [2.45, 2.75) is 19.4 Å². The van der Waals surface area contributed by atoms with E-state index >= 15 is 0 Å². The second-order valence-corrected chi connectivity index (χ2v) is 3.02. The van der Waals surface area contributed by atoms with E-state index < -0.39 is 12.1 Å². The summed E-state index contributed by atoms with van der Waals surface area (Å²) in [6.07, 6.45) is -0.751. The van der Waals surface area contributed by atoms with Crippen molar-refractivity contribution < 1.29 is 19.4 Å². The Kier molecular flexibility index (Phi) is 6.64. The standard InChI is InChI=1S/C9H18N2O4/c1-3-11(5-4-8(12)13)9(14)7(6-10)15-2/h7H,3-6,10H2,1-2H3,(H,12,13). The van der Waals surface area contributed by atoms with E-state index in [9.17, 15) is 9.59 Å². The van der Waals surface area contributed by atoms with Crippen LogP contribution in [0.3, 0.4) is 0 Å². The quantitative estimate of drug-likeness (QED) is 0.588. The van der Waals surface area contributed by atoms with Crippen molar-refractivity contribution in [3.05, 3.63) is 0 Å². The number of amides is 1. The third kappa shape index (κ3) is 4.75. The van der Waals surface area contributed by atoms with Crippen LogP contribution in [0.1, 0.15) is 13.3 Å². The number of carboxylic acid groups (broad SMARTS) is 1. The van der Waals surface area contributed by atoms with Gasteiger partial charge in [-0.2, -0.15) is 0 Å². The van der Waals surface area contributed by atoms with Crippen LogP contribution >= 0.6 is 0 Å². The summed E-state index contributed by atoms with van der Waals surface area (Å²) in [6, 6.07) is 0. The first-order valence-corrected chi connectivity index (χ1v) is 4.80. The lowest BCUT2D eigenvalue weighted by molar-refractivity contribution is -0.143.